The molecule has 0 aliphatic carbocycles. The highest BCUT2D eigenvalue weighted by atomic mass is 16.3. The molecule has 3 aromatic rings. The predicted octanol–water partition coefficient (Wildman–Crippen LogP) is 2.96. The van der Waals surface area contributed by atoms with E-state index in [2.05, 4.69) is 21.8 Å². The highest BCUT2D eigenvalue weighted by Crippen LogP contribution is 2.12. The Morgan fingerprint density at radius 2 is 2.09 bits per heavy atom. The summed E-state index contributed by atoms with van der Waals surface area (Å²) in [5.74, 6) is 1.14. The van der Waals surface area contributed by atoms with Gasteiger partial charge < -0.3 is 14.3 Å². The summed E-state index contributed by atoms with van der Waals surface area (Å²) in [7, 11) is 0. The first-order chi connectivity index (χ1) is 10.8. The maximum absolute atomic E-state index is 11.8. The smallest absolute Gasteiger partial charge is 0.287 e. The van der Waals surface area contributed by atoms with E-state index in [1.54, 1.807) is 18.3 Å². The van der Waals surface area contributed by atoms with Gasteiger partial charge in [0, 0.05) is 31.0 Å². The largest absolute Gasteiger partial charge is 0.459 e. The normalized spacial score (nSPS) is 10.6. The van der Waals surface area contributed by atoms with Gasteiger partial charge in [-0.15, -0.1) is 0 Å². The summed E-state index contributed by atoms with van der Waals surface area (Å²) in [5.41, 5.74) is 2.09. The van der Waals surface area contributed by atoms with Crippen molar-refractivity contribution in [3.8, 4) is 5.69 Å². The average molecular weight is 295 g/mol. The van der Waals surface area contributed by atoms with E-state index in [1.807, 2.05) is 30.5 Å². The highest BCUT2D eigenvalue weighted by molar-refractivity contribution is 5.91. The fourth-order valence-corrected chi connectivity index (χ4v) is 2.28. The third-order valence-electron chi connectivity index (χ3n) is 3.45. The van der Waals surface area contributed by atoms with Crippen molar-refractivity contribution in [1.29, 1.82) is 0 Å². The van der Waals surface area contributed by atoms with E-state index >= 15 is 0 Å². The summed E-state index contributed by atoms with van der Waals surface area (Å²) in [6, 6.07) is 11.4. The number of hydrogen-bond donors (Lipinski definition) is 1. The van der Waals surface area contributed by atoms with Gasteiger partial charge in [-0.05, 0) is 29.8 Å². The number of amides is 1. The van der Waals surface area contributed by atoms with E-state index in [4.69, 9.17) is 4.42 Å². The minimum atomic E-state index is -0.211. The number of furan rings is 1. The Kier molecular flexibility index (Phi) is 4.05. The second-order valence-electron chi connectivity index (χ2n) is 4.89. The van der Waals surface area contributed by atoms with Crippen LogP contribution >= 0.6 is 0 Å². The molecule has 0 unspecified atom stereocenters. The molecule has 5 nitrogen and oxygen atoms in total. The van der Waals surface area contributed by atoms with Gasteiger partial charge in [0.25, 0.3) is 5.91 Å². The van der Waals surface area contributed by atoms with Gasteiger partial charge in [0.2, 0.25) is 0 Å². The van der Waals surface area contributed by atoms with Crippen molar-refractivity contribution >= 4 is 5.91 Å². The molecule has 2 aromatic heterocycles. The maximum atomic E-state index is 11.8. The zero-order valence-corrected chi connectivity index (χ0v) is 12.3. The van der Waals surface area contributed by atoms with Crippen LogP contribution in [0.5, 0.6) is 0 Å². The molecule has 0 atom stereocenters. The van der Waals surface area contributed by atoms with Crippen LogP contribution in [0, 0.1) is 0 Å². The van der Waals surface area contributed by atoms with Crippen LogP contribution in [0.25, 0.3) is 5.69 Å². The SMILES string of the molecule is CCc1nccn1-c1ccc(CNC(=O)c2ccco2)cc1. The van der Waals surface area contributed by atoms with Gasteiger partial charge in [-0.25, -0.2) is 4.98 Å². The van der Waals surface area contributed by atoms with Crippen molar-refractivity contribution in [2.24, 2.45) is 0 Å². The number of imidazole rings is 1. The fourth-order valence-electron chi connectivity index (χ4n) is 2.28. The van der Waals surface area contributed by atoms with Gasteiger partial charge in [0.1, 0.15) is 5.82 Å². The molecule has 3 rings (SSSR count). The van der Waals surface area contributed by atoms with E-state index < -0.39 is 0 Å². The molecule has 0 saturated carbocycles. The first-order valence-corrected chi connectivity index (χ1v) is 7.21. The van der Waals surface area contributed by atoms with Crippen LogP contribution in [0.15, 0.2) is 59.5 Å². The van der Waals surface area contributed by atoms with E-state index in [1.165, 1.54) is 6.26 Å². The number of rotatable bonds is 5. The molecular weight excluding hydrogens is 278 g/mol. The minimum Gasteiger partial charge on any atom is -0.459 e. The number of aryl methyl sites for hydroxylation is 1. The second-order valence-corrected chi connectivity index (χ2v) is 4.89. The van der Waals surface area contributed by atoms with Crippen molar-refractivity contribution in [2.75, 3.05) is 0 Å². The number of benzene rings is 1. The zero-order chi connectivity index (χ0) is 15.4. The van der Waals surface area contributed by atoms with Crippen LogP contribution in [-0.2, 0) is 13.0 Å². The molecule has 0 bridgehead atoms. The van der Waals surface area contributed by atoms with Crippen LogP contribution in [-0.4, -0.2) is 15.5 Å². The second kappa shape index (κ2) is 6.30. The van der Waals surface area contributed by atoms with Crippen LogP contribution < -0.4 is 5.32 Å². The molecule has 0 saturated heterocycles. The van der Waals surface area contributed by atoms with Gasteiger partial charge in [-0.2, -0.15) is 0 Å². The Balaban J connectivity index is 1.66. The lowest BCUT2D eigenvalue weighted by Gasteiger charge is -2.08. The van der Waals surface area contributed by atoms with E-state index in [9.17, 15) is 4.79 Å². The number of carbonyl (C=O) groups is 1. The number of nitrogens with one attached hydrogen (secondary N) is 1. The topological polar surface area (TPSA) is 60.1 Å². The zero-order valence-electron chi connectivity index (χ0n) is 12.3. The number of hydrogen-bond acceptors (Lipinski definition) is 3. The highest BCUT2D eigenvalue weighted by Gasteiger charge is 2.08. The lowest BCUT2D eigenvalue weighted by Crippen LogP contribution is -2.22. The molecule has 0 aliphatic heterocycles. The molecule has 0 fully saturated rings. The van der Waals surface area contributed by atoms with Crippen LogP contribution in [0.3, 0.4) is 0 Å². The summed E-state index contributed by atoms with van der Waals surface area (Å²) < 4.78 is 7.12. The molecule has 0 aliphatic rings. The Morgan fingerprint density at radius 3 is 2.77 bits per heavy atom. The Bertz CT molecular complexity index is 743. The Labute approximate surface area is 128 Å². The van der Waals surface area contributed by atoms with Crippen molar-refractivity contribution in [3.63, 3.8) is 0 Å². The fraction of sp³-hybridized carbons (Fsp3) is 0.176. The van der Waals surface area contributed by atoms with Gasteiger partial charge in [-0.1, -0.05) is 19.1 Å². The van der Waals surface area contributed by atoms with E-state index in [0.29, 0.717) is 12.3 Å². The van der Waals surface area contributed by atoms with Crippen molar-refractivity contribution in [2.45, 2.75) is 19.9 Å². The lowest BCUT2D eigenvalue weighted by atomic mass is 10.2. The molecule has 0 radical (unpaired) electrons. The van der Waals surface area contributed by atoms with Gasteiger partial charge in [0.15, 0.2) is 5.76 Å². The molecule has 0 spiro atoms. The van der Waals surface area contributed by atoms with Crippen LogP contribution in [0.1, 0.15) is 28.9 Å². The third kappa shape index (κ3) is 2.93. The molecule has 1 amide bonds. The number of carbonyl (C=O) groups excluding carboxylic acids is 1. The molecule has 112 valence electrons. The minimum absolute atomic E-state index is 0.211. The predicted molar refractivity (Wildman–Crippen MR) is 82.8 cm³/mol. The van der Waals surface area contributed by atoms with Crippen molar-refractivity contribution in [3.05, 3.63) is 72.2 Å². The van der Waals surface area contributed by atoms with E-state index in [0.717, 1.165) is 23.5 Å². The summed E-state index contributed by atoms with van der Waals surface area (Å²) in [6.45, 7) is 2.54. The third-order valence-corrected chi connectivity index (χ3v) is 3.45. The lowest BCUT2D eigenvalue weighted by molar-refractivity contribution is 0.0923. The first kappa shape index (κ1) is 14.1. The van der Waals surface area contributed by atoms with Crippen molar-refractivity contribution < 1.29 is 9.21 Å². The molecule has 1 N–H and O–H groups in total. The quantitative estimate of drug-likeness (QED) is 0.787. The average Bonchev–Trinajstić information content (AvgIpc) is 3.24. The monoisotopic (exact) mass is 295 g/mol. The number of nitrogens with zero attached hydrogens (tertiary/aromatic N) is 2. The van der Waals surface area contributed by atoms with Crippen LogP contribution in [0.2, 0.25) is 0 Å². The Morgan fingerprint density at radius 1 is 1.27 bits per heavy atom. The Hall–Kier alpha value is -2.82. The molecule has 1 aromatic carbocycles. The number of aromatic nitrogens is 2. The molecular formula is C17H17N3O2. The summed E-state index contributed by atoms with van der Waals surface area (Å²) in [5, 5.41) is 2.83. The van der Waals surface area contributed by atoms with Crippen molar-refractivity contribution in [1.82, 2.24) is 14.9 Å². The summed E-state index contributed by atoms with van der Waals surface area (Å²) in [6.07, 6.45) is 6.12. The molecule has 2 heterocycles. The van der Waals surface area contributed by atoms with Crippen LogP contribution in [0.4, 0.5) is 0 Å². The van der Waals surface area contributed by atoms with E-state index in [-0.39, 0.29) is 5.91 Å². The van der Waals surface area contributed by atoms with Gasteiger partial charge in [-0.3, -0.25) is 4.79 Å². The maximum Gasteiger partial charge on any atom is 0.287 e. The summed E-state index contributed by atoms with van der Waals surface area (Å²) in [4.78, 5) is 16.1. The first-order valence-electron chi connectivity index (χ1n) is 7.21. The summed E-state index contributed by atoms with van der Waals surface area (Å²) >= 11 is 0. The molecule has 22 heavy (non-hydrogen) atoms. The standard InChI is InChI=1S/C17H17N3O2/c1-2-16-18-9-10-20(16)14-7-5-13(6-8-14)12-19-17(21)15-4-3-11-22-15/h3-11H,2,12H2,1H3,(H,19,21). The van der Waals surface area contributed by atoms with Gasteiger partial charge in [0.05, 0.1) is 6.26 Å². The van der Waals surface area contributed by atoms with Gasteiger partial charge >= 0.3 is 0 Å². The molecule has 5 heteroatoms.